The molecule has 0 saturated carbocycles. The molecule has 0 amide bonds. The predicted octanol–water partition coefficient (Wildman–Crippen LogP) is 3.80. The fraction of sp³-hybridized carbons (Fsp3) is 0.125. The van der Waals surface area contributed by atoms with Crippen LogP contribution in [0.25, 0.3) is 0 Å². The van der Waals surface area contributed by atoms with E-state index in [4.69, 9.17) is 15.9 Å². The van der Waals surface area contributed by atoms with Gasteiger partial charge in [-0.15, -0.1) is 6.42 Å². The highest BCUT2D eigenvalue weighted by molar-refractivity contribution is 5.36. The SMILES string of the molecule is C#CC(OC)c1cccc(Oc2ccccc2)c1. The van der Waals surface area contributed by atoms with Gasteiger partial charge >= 0.3 is 0 Å². The molecule has 0 radical (unpaired) electrons. The van der Waals surface area contributed by atoms with Gasteiger partial charge < -0.3 is 9.47 Å². The summed E-state index contributed by atoms with van der Waals surface area (Å²) in [5.74, 6) is 4.12. The smallest absolute Gasteiger partial charge is 0.142 e. The second-order valence-corrected chi connectivity index (χ2v) is 3.77. The Balaban J connectivity index is 2.20. The zero-order chi connectivity index (χ0) is 12.8. The molecule has 0 bridgehead atoms. The maximum absolute atomic E-state index is 5.73. The van der Waals surface area contributed by atoms with Gasteiger partial charge in [-0.05, 0) is 29.8 Å². The van der Waals surface area contributed by atoms with Crippen LogP contribution >= 0.6 is 0 Å². The highest BCUT2D eigenvalue weighted by atomic mass is 16.5. The van der Waals surface area contributed by atoms with Gasteiger partial charge in [0.05, 0.1) is 0 Å². The molecular weight excluding hydrogens is 224 g/mol. The molecule has 1 unspecified atom stereocenters. The van der Waals surface area contributed by atoms with E-state index >= 15 is 0 Å². The van der Waals surface area contributed by atoms with E-state index in [1.807, 2.05) is 54.6 Å². The van der Waals surface area contributed by atoms with Crippen molar-refractivity contribution < 1.29 is 9.47 Å². The van der Waals surface area contributed by atoms with E-state index in [0.29, 0.717) is 0 Å². The number of ether oxygens (including phenoxy) is 2. The fourth-order valence-electron chi connectivity index (χ4n) is 1.67. The Morgan fingerprint density at radius 2 is 1.72 bits per heavy atom. The fourth-order valence-corrected chi connectivity index (χ4v) is 1.67. The lowest BCUT2D eigenvalue weighted by Crippen LogP contribution is -1.98. The van der Waals surface area contributed by atoms with Crippen LogP contribution in [0.1, 0.15) is 11.7 Å². The van der Waals surface area contributed by atoms with Crippen LogP contribution in [-0.4, -0.2) is 7.11 Å². The van der Waals surface area contributed by atoms with Crippen molar-refractivity contribution in [3.63, 3.8) is 0 Å². The molecule has 0 heterocycles. The number of rotatable bonds is 4. The Morgan fingerprint density at radius 1 is 1.00 bits per heavy atom. The number of hydrogen-bond acceptors (Lipinski definition) is 2. The quantitative estimate of drug-likeness (QED) is 0.754. The monoisotopic (exact) mass is 238 g/mol. The largest absolute Gasteiger partial charge is 0.457 e. The van der Waals surface area contributed by atoms with Crippen LogP contribution < -0.4 is 4.74 Å². The van der Waals surface area contributed by atoms with Gasteiger partial charge in [0.25, 0.3) is 0 Å². The average molecular weight is 238 g/mol. The number of para-hydroxylation sites is 1. The van der Waals surface area contributed by atoms with Gasteiger partial charge in [-0.25, -0.2) is 0 Å². The summed E-state index contributed by atoms with van der Waals surface area (Å²) in [7, 11) is 1.59. The summed E-state index contributed by atoms with van der Waals surface area (Å²) in [6.07, 6.45) is 5.06. The van der Waals surface area contributed by atoms with Crippen molar-refractivity contribution in [2.75, 3.05) is 7.11 Å². The number of terminal acetylenes is 1. The van der Waals surface area contributed by atoms with E-state index in [9.17, 15) is 0 Å². The number of hydrogen-bond donors (Lipinski definition) is 0. The molecule has 0 N–H and O–H groups in total. The lowest BCUT2D eigenvalue weighted by atomic mass is 10.1. The molecule has 2 rings (SSSR count). The molecule has 0 aromatic heterocycles. The summed E-state index contributed by atoms with van der Waals surface area (Å²) in [4.78, 5) is 0. The summed E-state index contributed by atoms with van der Waals surface area (Å²) < 4.78 is 10.9. The third kappa shape index (κ3) is 2.91. The molecule has 90 valence electrons. The van der Waals surface area contributed by atoms with Crippen molar-refractivity contribution in [1.82, 2.24) is 0 Å². The van der Waals surface area contributed by atoms with E-state index in [-0.39, 0.29) is 6.10 Å². The standard InChI is InChI=1S/C16H14O2/c1-3-16(17-2)13-8-7-11-15(12-13)18-14-9-5-4-6-10-14/h1,4-12,16H,2H3. The second-order valence-electron chi connectivity index (χ2n) is 3.77. The van der Waals surface area contributed by atoms with E-state index in [1.165, 1.54) is 0 Å². The normalized spacial score (nSPS) is 11.6. The minimum Gasteiger partial charge on any atom is -0.457 e. The summed E-state index contributed by atoms with van der Waals surface area (Å²) in [5, 5.41) is 0. The van der Waals surface area contributed by atoms with Gasteiger partial charge in [0.2, 0.25) is 0 Å². The van der Waals surface area contributed by atoms with E-state index in [2.05, 4.69) is 5.92 Å². The van der Waals surface area contributed by atoms with Crippen molar-refractivity contribution in [1.29, 1.82) is 0 Å². The Kier molecular flexibility index (Phi) is 4.01. The Bertz CT molecular complexity index is 541. The molecule has 0 fully saturated rings. The van der Waals surface area contributed by atoms with Gasteiger partial charge in [0.1, 0.15) is 17.6 Å². The van der Waals surface area contributed by atoms with Gasteiger partial charge in [0, 0.05) is 7.11 Å². The Labute approximate surface area is 107 Å². The molecule has 0 saturated heterocycles. The minimum absolute atomic E-state index is 0.343. The topological polar surface area (TPSA) is 18.5 Å². The molecule has 0 spiro atoms. The zero-order valence-electron chi connectivity index (χ0n) is 10.2. The summed E-state index contributed by atoms with van der Waals surface area (Å²) >= 11 is 0. The van der Waals surface area contributed by atoms with Gasteiger partial charge in [-0.3, -0.25) is 0 Å². The first-order chi connectivity index (χ1) is 8.83. The van der Waals surface area contributed by atoms with Gasteiger partial charge in [-0.2, -0.15) is 0 Å². The lowest BCUT2D eigenvalue weighted by molar-refractivity contribution is 0.150. The first-order valence-electron chi connectivity index (χ1n) is 5.65. The molecule has 18 heavy (non-hydrogen) atoms. The van der Waals surface area contributed by atoms with Crippen molar-refractivity contribution in [3.8, 4) is 23.8 Å². The van der Waals surface area contributed by atoms with Crippen LogP contribution in [0, 0.1) is 12.3 Å². The second kappa shape index (κ2) is 5.90. The summed E-state index contributed by atoms with van der Waals surface area (Å²) in [6, 6.07) is 17.2. The third-order valence-electron chi connectivity index (χ3n) is 2.53. The van der Waals surface area contributed by atoms with E-state index in [1.54, 1.807) is 7.11 Å². The average Bonchev–Trinajstić information content (AvgIpc) is 2.42. The van der Waals surface area contributed by atoms with Gasteiger partial charge in [-0.1, -0.05) is 36.3 Å². The van der Waals surface area contributed by atoms with Crippen LogP contribution in [-0.2, 0) is 4.74 Å². The number of benzene rings is 2. The molecule has 1 atom stereocenters. The van der Waals surface area contributed by atoms with Crippen LogP contribution in [0.5, 0.6) is 11.5 Å². The molecule has 2 nitrogen and oxygen atoms in total. The van der Waals surface area contributed by atoms with Crippen molar-refractivity contribution in [2.45, 2.75) is 6.10 Å². The minimum atomic E-state index is -0.343. The predicted molar refractivity (Wildman–Crippen MR) is 71.5 cm³/mol. The Morgan fingerprint density at radius 3 is 2.39 bits per heavy atom. The first-order valence-corrected chi connectivity index (χ1v) is 5.65. The van der Waals surface area contributed by atoms with E-state index in [0.717, 1.165) is 17.1 Å². The lowest BCUT2D eigenvalue weighted by Gasteiger charge is -2.11. The maximum atomic E-state index is 5.73. The van der Waals surface area contributed by atoms with Gasteiger partial charge in [0.15, 0.2) is 0 Å². The molecule has 0 aliphatic carbocycles. The van der Waals surface area contributed by atoms with Crippen molar-refractivity contribution in [2.24, 2.45) is 0 Å². The van der Waals surface area contributed by atoms with Crippen LogP contribution in [0.3, 0.4) is 0 Å². The molecule has 2 heteroatoms. The van der Waals surface area contributed by atoms with Crippen molar-refractivity contribution in [3.05, 3.63) is 60.2 Å². The molecular formula is C16H14O2. The van der Waals surface area contributed by atoms with Crippen molar-refractivity contribution >= 4 is 0 Å². The van der Waals surface area contributed by atoms with Crippen LogP contribution in [0.4, 0.5) is 0 Å². The highest BCUT2D eigenvalue weighted by Gasteiger charge is 2.07. The molecule has 0 aliphatic heterocycles. The van der Waals surface area contributed by atoms with Crippen LogP contribution in [0.2, 0.25) is 0 Å². The van der Waals surface area contributed by atoms with E-state index < -0.39 is 0 Å². The highest BCUT2D eigenvalue weighted by Crippen LogP contribution is 2.25. The third-order valence-corrected chi connectivity index (χ3v) is 2.53. The zero-order valence-corrected chi connectivity index (χ0v) is 10.2. The summed E-state index contributed by atoms with van der Waals surface area (Å²) in [6.45, 7) is 0. The molecule has 0 aliphatic rings. The maximum Gasteiger partial charge on any atom is 0.142 e. The number of methoxy groups -OCH3 is 1. The molecule has 2 aromatic rings. The summed E-state index contributed by atoms with van der Waals surface area (Å²) in [5.41, 5.74) is 0.911. The first kappa shape index (κ1) is 12.2. The van der Waals surface area contributed by atoms with Crippen LogP contribution in [0.15, 0.2) is 54.6 Å². The molecule has 2 aromatic carbocycles. The Hall–Kier alpha value is -2.24.